The molecule has 4 aromatic rings. The van der Waals surface area contributed by atoms with Crippen molar-refractivity contribution in [3.8, 4) is 22.8 Å². The van der Waals surface area contributed by atoms with Gasteiger partial charge >= 0.3 is 14.0 Å². The fourth-order valence-electron chi connectivity index (χ4n) is 5.22. The van der Waals surface area contributed by atoms with E-state index in [2.05, 4.69) is 45.4 Å². The van der Waals surface area contributed by atoms with Crippen LogP contribution in [-0.2, 0) is 5.41 Å². The number of pyridine rings is 1. The molecule has 1 unspecified atom stereocenters. The van der Waals surface area contributed by atoms with Crippen LogP contribution in [0.1, 0.15) is 47.7 Å². The average Bonchev–Trinajstić information content (AvgIpc) is 3.45. The molecule has 1 aromatic heterocycles. The molecule has 7 N–H and O–H groups in total. The fourth-order valence-corrected chi connectivity index (χ4v) is 5.38. The first-order chi connectivity index (χ1) is 23.9. The molecule has 0 bridgehead atoms. The van der Waals surface area contributed by atoms with Crippen LogP contribution in [0.5, 0.6) is 11.5 Å². The summed E-state index contributed by atoms with van der Waals surface area (Å²) in [6, 6.07) is 17.9. The summed E-state index contributed by atoms with van der Waals surface area (Å²) in [4.78, 5) is 4.82. The normalized spacial score (nSPS) is 13.1. The van der Waals surface area contributed by atoms with Crippen LogP contribution in [0.3, 0.4) is 0 Å². The average molecular weight is 699 g/mol. The van der Waals surface area contributed by atoms with Crippen LogP contribution < -0.4 is 32.0 Å². The third-order valence-corrected chi connectivity index (χ3v) is 8.05. The molecular formula is C38H45B2ClF2N5O2. The minimum Gasteiger partial charge on any atom is -0.495 e. The van der Waals surface area contributed by atoms with Crippen molar-refractivity contribution in [2.45, 2.75) is 31.5 Å². The number of methoxy groups -OCH3 is 1. The van der Waals surface area contributed by atoms with E-state index in [1.165, 1.54) is 13.1 Å². The molecule has 7 nitrogen and oxygen atoms in total. The Morgan fingerprint density at radius 1 is 1.12 bits per heavy atom. The molecule has 261 valence electrons. The number of hydrogen-bond acceptors (Lipinski definition) is 7. The van der Waals surface area contributed by atoms with Gasteiger partial charge in [0.15, 0.2) is 0 Å². The molecule has 0 aliphatic carbocycles. The van der Waals surface area contributed by atoms with E-state index >= 15 is 0 Å². The van der Waals surface area contributed by atoms with Gasteiger partial charge in [0.05, 0.1) is 38.0 Å². The van der Waals surface area contributed by atoms with Gasteiger partial charge in [-0.3, -0.25) is 0 Å². The number of fused-ring (bicyclic) bond motifs is 1. The third-order valence-electron chi connectivity index (χ3n) is 7.76. The van der Waals surface area contributed by atoms with Crippen LogP contribution in [0.4, 0.5) is 14.5 Å². The maximum Gasteiger partial charge on any atom is 0.142 e. The Morgan fingerprint density at radius 2 is 1.78 bits per heavy atom. The number of ether oxygens (including phenoxy) is 2. The number of nitrogens with two attached hydrogens (primary N) is 3. The third kappa shape index (κ3) is 10.1. The summed E-state index contributed by atoms with van der Waals surface area (Å²) in [5.41, 5.74) is 22.0. The van der Waals surface area contributed by atoms with Crippen LogP contribution in [-0.4, -0.2) is 61.1 Å². The van der Waals surface area contributed by atoms with Gasteiger partial charge < -0.3 is 32.0 Å². The van der Waals surface area contributed by atoms with E-state index in [1.54, 1.807) is 19.3 Å². The number of hydrogen-bond donors (Lipinski definition) is 4. The van der Waals surface area contributed by atoms with Crippen LogP contribution in [0.15, 0.2) is 72.9 Å². The van der Waals surface area contributed by atoms with Crippen LogP contribution >= 0.6 is 11.6 Å². The number of nitrogens with zero attached hydrogens (tertiary/aromatic N) is 1. The van der Waals surface area contributed by atoms with Crippen molar-refractivity contribution in [2.75, 3.05) is 40.1 Å². The van der Waals surface area contributed by atoms with Gasteiger partial charge in [-0.25, -0.2) is 13.8 Å². The topological polar surface area (TPSA) is 121 Å². The fraction of sp³-hybridized carbons (Fsp3) is 0.263. The Hall–Kier alpha value is -4.44. The van der Waals surface area contributed by atoms with Gasteiger partial charge in [0.25, 0.3) is 0 Å². The van der Waals surface area contributed by atoms with Gasteiger partial charge in [0, 0.05) is 46.3 Å². The number of allylic oxidation sites excluding steroid dienone is 1. The van der Waals surface area contributed by atoms with Crippen molar-refractivity contribution in [3.63, 3.8) is 0 Å². The Labute approximate surface area is 302 Å². The molecule has 3 radical (unpaired) electrons. The van der Waals surface area contributed by atoms with Crippen LogP contribution in [0.25, 0.3) is 23.4 Å². The molecule has 5 rings (SSSR count). The summed E-state index contributed by atoms with van der Waals surface area (Å²) < 4.78 is 39.7. The molecule has 0 saturated heterocycles. The number of nitrogens with one attached hydrogen (secondary N) is 1. The first-order valence-corrected chi connectivity index (χ1v) is 16.1. The largest absolute Gasteiger partial charge is 0.495 e. The molecule has 3 aromatic carbocycles. The quantitative estimate of drug-likeness (QED) is 0.0876. The summed E-state index contributed by atoms with van der Waals surface area (Å²) in [7, 11) is 14.6. The Kier molecular flexibility index (Phi) is 16.4. The molecule has 12 heteroatoms. The predicted octanol–water partition coefficient (Wildman–Crippen LogP) is 6.67. The summed E-state index contributed by atoms with van der Waals surface area (Å²) in [6.45, 7) is 11.7. The van der Waals surface area contributed by atoms with Crippen molar-refractivity contribution >= 4 is 51.2 Å². The number of benzene rings is 3. The number of rotatable bonds is 9. The molecule has 0 spiro atoms. The standard InChI is InChI=1S/C24H23ClF2N2O.C12H15BN2O.CH2B.CH5N/c1-24(2)13-30-23-17(24)10-21(16(12-28-3)14-7-5-4-6-8-14)29-22(23)15-9-18(25)20(27)11-19(15)26;1-3-8-4-9(6-10(14)7-13)12(15)11(5-8)16-2;2*1-2/h4-11,16,28H,12-13H2,1-3H3;3-6H,1,7,14-15H2,2H3;1H2;2H2,1H3/b;10-6-;;. The van der Waals surface area contributed by atoms with Crippen molar-refractivity contribution in [1.29, 1.82) is 0 Å². The SMILES string of the molecule is CN.CNCC(c1ccccc1)c1cc2c(c(-c3cc(Cl)c(F)cc3F)n1)OCC2(C)C.[B]=C.[B]C/C(N)=C/c1cc(C=C)cc(OC)c1N. The minimum atomic E-state index is -0.802. The summed E-state index contributed by atoms with van der Waals surface area (Å²) in [6.07, 6.45) is 3.75. The number of likely N-dealkylation sites (N-methyl/N-ethyl adjacent to an activating group) is 1. The van der Waals surface area contributed by atoms with Gasteiger partial charge in [0.2, 0.25) is 0 Å². The molecule has 0 fully saturated rings. The van der Waals surface area contributed by atoms with Crippen LogP contribution in [0, 0.1) is 11.6 Å². The Morgan fingerprint density at radius 3 is 2.36 bits per heavy atom. The minimum absolute atomic E-state index is 0.0457. The van der Waals surface area contributed by atoms with Crippen LogP contribution in [0.2, 0.25) is 11.3 Å². The monoisotopic (exact) mass is 698 g/mol. The zero-order valence-electron chi connectivity index (χ0n) is 29.3. The van der Waals surface area contributed by atoms with Gasteiger partial charge in [-0.1, -0.05) is 68.4 Å². The van der Waals surface area contributed by atoms with E-state index in [9.17, 15) is 8.78 Å². The van der Waals surface area contributed by atoms with E-state index in [-0.39, 0.29) is 21.9 Å². The molecule has 1 aliphatic heterocycles. The number of aromatic nitrogens is 1. The molecule has 2 heterocycles. The van der Waals surface area contributed by atoms with Crippen molar-refractivity contribution in [3.05, 3.63) is 118 Å². The van der Waals surface area contributed by atoms with Gasteiger partial charge in [-0.15, -0.1) is 0 Å². The first-order valence-electron chi connectivity index (χ1n) is 15.7. The molecule has 1 atom stereocenters. The molecule has 0 amide bonds. The molecular weight excluding hydrogens is 654 g/mol. The van der Waals surface area contributed by atoms with E-state index < -0.39 is 11.6 Å². The zero-order valence-corrected chi connectivity index (χ0v) is 30.1. The summed E-state index contributed by atoms with van der Waals surface area (Å²) in [5.74, 6) is -0.433. The number of anilines is 1. The van der Waals surface area contributed by atoms with E-state index in [4.69, 9.17) is 45.4 Å². The van der Waals surface area contributed by atoms with Crippen molar-refractivity contribution < 1.29 is 18.3 Å². The Balaban J connectivity index is 0.000000368. The van der Waals surface area contributed by atoms with Gasteiger partial charge in [-0.05, 0) is 61.9 Å². The summed E-state index contributed by atoms with van der Waals surface area (Å²) in [5, 5.41) is 3.07. The number of halogens is 3. The second kappa shape index (κ2) is 19.7. The zero-order chi connectivity index (χ0) is 37.6. The van der Waals surface area contributed by atoms with Gasteiger partial charge in [0.1, 0.15) is 28.8 Å². The number of nitrogen functional groups attached to an aromatic ring is 1. The van der Waals surface area contributed by atoms with Crippen molar-refractivity contribution in [1.82, 2.24) is 10.3 Å². The van der Waals surface area contributed by atoms with E-state index in [0.717, 1.165) is 34.0 Å². The first kappa shape index (κ1) is 41.7. The maximum atomic E-state index is 14.8. The summed E-state index contributed by atoms with van der Waals surface area (Å²) >= 11 is 5.97. The van der Waals surface area contributed by atoms with E-state index in [0.29, 0.717) is 48.0 Å². The molecule has 1 aliphatic rings. The smallest absolute Gasteiger partial charge is 0.142 e. The second-order valence-electron chi connectivity index (χ2n) is 11.6. The van der Waals surface area contributed by atoms with Gasteiger partial charge in [-0.2, -0.15) is 0 Å². The molecule has 0 saturated carbocycles. The second-order valence-corrected chi connectivity index (χ2v) is 12.0. The predicted molar refractivity (Wildman–Crippen MR) is 209 cm³/mol. The Bertz CT molecular complexity index is 1770. The van der Waals surface area contributed by atoms with Crippen molar-refractivity contribution in [2.24, 2.45) is 11.5 Å². The molecule has 50 heavy (non-hydrogen) atoms. The van der Waals surface area contributed by atoms with E-state index in [1.807, 2.05) is 55.6 Å². The maximum absolute atomic E-state index is 14.8.